The fourth-order valence-electron chi connectivity index (χ4n) is 3.40. The van der Waals surface area contributed by atoms with Gasteiger partial charge in [-0.2, -0.15) is 0 Å². The molecule has 4 heteroatoms. The van der Waals surface area contributed by atoms with E-state index >= 15 is 0 Å². The maximum Gasteiger partial charge on any atom is 0.254 e. The third kappa shape index (κ3) is 3.22. The molecule has 0 atom stereocenters. The summed E-state index contributed by atoms with van der Waals surface area (Å²) in [5.74, 6) is 1.62. The van der Waals surface area contributed by atoms with E-state index in [4.69, 9.17) is 4.98 Å². The number of aromatic nitrogens is 2. The van der Waals surface area contributed by atoms with E-state index in [9.17, 15) is 4.79 Å². The zero-order valence-electron chi connectivity index (χ0n) is 13.6. The Morgan fingerprint density at radius 1 is 1.30 bits per heavy atom. The third-order valence-corrected chi connectivity index (χ3v) is 5.04. The van der Waals surface area contributed by atoms with Crippen LogP contribution in [0.25, 0.3) is 0 Å². The Balaban J connectivity index is 1.54. The van der Waals surface area contributed by atoms with E-state index in [1.807, 2.05) is 0 Å². The van der Waals surface area contributed by atoms with Gasteiger partial charge in [0.15, 0.2) is 0 Å². The minimum absolute atomic E-state index is 0.0844. The molecule has 0 saturated heterocycles. The van der Waals surface area contributed by atoms with Crippen LogP contribution in [-0.2, 0) is 25.9 Å². The lowest BCUT2D eigenvalue weighted by Gasteiger charge is -2.28. The van der Waals surface area contributed by atoms with E-state index in [0.717, 1.165) is 55.5 Å². The van der Waals surface area contributed by atoms with Gasteiger partial charge >= 0.3 is 0 Å². The maximum absolute atomic E-state index is 12.3. The van der Waals surface area contributed by atoms with Crippen molar-refractivity contribution in [2.24, 2.45) is 5.92 Å². The molecule has 0 bridgehead atoms. The van der Waals surface area contributed by atoms with E-state index in [1.165, 1.54) is 24.0 Å². The highest BCUT2D eigenvalue weighted by molar-refractivity contribution is 5.26. The van der Waals surface area contributed by atoms with E-state index in [2.05, 4.69) is 41.1 Å². The lowest BCUT2D eigenvalue weighted by atomic mass is 10.0. The second kappa shape index (κ2) is 5.93. The standard InChI is InChI=1S/C19H23N3O/c1-13-4-2-3-5-15(13)11-22-9-8-16-17(12-22)20-18(21-19(16)23)10-14-6-7-14/h2-5,14H,6-12H2,1H3,(H,20,21,23). The van der Waals surface area contributed by atoms with Gasteiger partial charge in [-0.1, -0.05) is 24.3 Å². The van der Waals surface area contributed by atoms with E-state index in [1.54, 1.807) is 0 Å². The van der Waals surface area contributed by atoms with Crippen LogP contribution in [0.4, 0.5) is 0 Å². The second-order valence-electron chi connectivity index (χ2n) is 6.97. The van der Waals surface area contributed by atoms with Crippen LogP contribution in [0.1, 0.15) is 41.1 Å². The molecular formula is C19H23N3O. The summed E-state index contributed by atoms with van der Waals surface area (Å²) >= 11 is 0. The number of nitrogens with zero attached hydrogens (tertiary/aromatic N) is 2. The summed E-state index contributed by atoms with van der Waals surface area (Å²) < 4.78 is 0. The van der Waals surface area contributed by atoms with E-state index in [-0.39, 0.29) is 5.56 Å². The first-order chi connectivity index (χ1) is 11.2. The number of nitrogens with one attached hydrogen (secondary N) is 1. The normalized spacial score (nSPS) is 18.0. The van der Waals surface area contributed by atoms with Crippen LogP contribution in [0.5, 0.6) is 0 Å². The zero-order valence-corrected chi connectivity index (χ0v) is 13.6. The quantitative estimate of drug-likeness (QED) is 0.944. The maximum atomic E-state index is 12.3. The monoisotopic (exact) mass is 309 g/mol. The second-order valence-corrected chi connectivity index (χ2v) is 6.97. The highest BCUT2D eigenvalue weighted by atomic mass is 16.1. The number of hydrogen-bond acceptors (Lipinski definition) is 3. The molecule has 1 aromatic carbocycles. The first-order valence-corrected chi connectivity index (χ1v) is 8.57. The third-order valence-electron chi connectivity index (χ3n) is 5.04. The Kier molecular flexibility index (Phi) is 3.77. The number of rotatable bonds is 4. The fourth-order valence-corrected chi connectivity index (χ4v) is 3.40. The molecule has 1 fully saturated rings. The van der Waals surface area contributed by atoms with Crippen LogP contribution in [0.3, 0.4) is 0 Å². The molecule has 2 aliphatic rings. The van der Waals surface area contributed by atoms with Crippen molar-refractivity contribution in [1.82, 2.24) is 14.9 Å². The molecular weight excluding hydrogens is 286 g/mol. The molecule has 1 aromatic heterocycles. The summed E-state index contributed by atoms with van der Waals surface area (Å²) in [5, 5.41) is 0. The summed E-state index contributed by atoms with van der Waals surface area (Å²) in [6, 6.07) is 8.52. The van der Waals surface area contributed by atoms with Crippen molar-refractivity contribution >= 4 is 0 Å². The number of benzene rings is 1. The molecule has 120 valence electrons. The highest BCUT2D eigenvalue weighted by Crippen LogP contribution is 2.31. The number of hydrogen-bond donors (Lipinski definition) is 1. The van der Waals surface area contributed by atoms with Crippen molar-refractivity contribution in [3.8, 4) is 0 Å². The predicted molar refractivity (Wildman–Crippen MR) is 90.3 cm³/mol. The van der Waals surface area contributed by atoms with Gasteiger partial charge in [0, 0.05) is 31.6 Å². The lowest BCUT2D eigenvalue weighted by molar-refractivity contribution is 0.239. The first-order valence-electron chi connectivity index (χ1n) is 8.57. The number of aromatic amines is 1. The Bertz CT molecular complexity index is 776. The van der Waals surface area contributed by atoms with Gasteiger partial charge in [0.05, 0.1) is 5.69 Å². The van der Waals surface area contributed by atoms with Crippen LogP contribution >= 0.6 is 0 Å². The molecule has 0 radical (unpaired) electrons. The lowest BCUT2D eigenvalue weighted by Crippen LogP contribution is -2.35. The smallest absolute Gasteiger partial charge is 0.254 e. The Labute approximate surface area is 136 Å². The summed E-state index contributed by atoms with van der Waals surface area (Å²) in [6.07, 6.45) is 4.29. The van der Waals surface area contributed by atoms with E-state index in [0.29, 0.717) is 0 Å². The first kappa shape index (κ1) is 14.6. The number of aryl methyl sites for hydroxylation is 1. The van der Waals surface area contributed by atoms with Crippen molar-refractivity contribution in [2.45, 2.75) is 45.7 Å². The largest absolute Gasteiger partial charge is 0.310 e. The molecule has 0 amide bonds. The minimum Gasteiger partial charge on any atom is -0.310 e. The molecule has 1 N–H and O–H groups in total. The van der Waals surface area contributed by atoms with Gasteiger partial charge in [-0.25, -0.2) is 4.98 Å². The van der Waals surface area contributed by atoms with Crippen LogP contribution < -0.4 is 5.56 Å². The molecule has 1 aliphatic carbocycles. The minimum atomic E-state index is 0.0844. The molecule has 4 rings (SSSR count). The van der Waals surface area contributed by atoms with Crippen molar-refractivity contribution < 1.29 is 0 Å². The molecule has 2 aromatic rings. The van der Waals surface area contributed by atoms with Crippen LogP contribution in [-0.4, -0.2) is 21.4 Å². The van der Waals surface area contributed by atoms with Gasteiger partial charge in [-0.3, -0.25) is 9.69 Å². The summed E-state index contributed by atoms with van der Waals surface area (Å²) in [7, 11) is 0. The van der Waals surface area contributed by atoms with Gasteiger partial charge in [-0.05, 0) is 43.2 Å². The van der Waals surface area contributed by atoms with Crippen LogP contribution in [0.15, 0.2) is 29.1 Å². The van der Waals surface area contributed by atoms with Crippen molar-refractivity contribution in [3.63, 3.8) is 0 Å². The van der Waals surface area contributed by atoms with Gasteiger partial charge in [0.25, 0.3) is 5.56 Å². The van der Waals surface area contributed by atoms with Crippen molar-refractivity contribution in [2.75, 3.05) is 6.54 Å². The summed E-state index contributed by atoms with van der Waals surface area (Å²) in [6.45, 7) is 4.79. The molecule has 1 aliphatic heterocycles. The molecule has 2 heterocycles. The summed E-state index contributed by atoms with van der Waals surface area (Å²) in [5.41, 5.74) is 4.65. The van der Waals surface area contributed by atoms with Gasteiger partial charge in [0.1, 0.15) is 5.82 Å². The number of H-pyrrole nitrogens is 1. The van der Waals surface area contributed by atoms with Crippen LogP contribution in [0, 0.1) is 12.8 Å². The number of fused-ring (bicyclic) bond motifs is 1. The molecule has 4 nitrogen and oxygen atoms in total. The van der Waals surface area contributed by atoms with Crippen LogP contribution in [0.2, 0.25) is 0 Å². The molecule has 0 unspecified atom stereocenters. The topological polar surface area (TPSA) is 49.0 Å². The average Bonchev–Trinajstić information content (AvgIpc) is 3.33. The average molecular weight is 309 g/mol. The van der Waals surface area contributed by atoms with Gasteiger partial charge in [-0.15, -0.1) is 0 Å². The van der Waals surface area contributed by atoms with Crippen molar-refractivity contribution in [1.29, 1.82) is 0 Å². The van der Waals surface area contributed by atoms with E-state index < -0.39 is 0 Å². The molecule has 23 heavy (non-hydrogen) atoms. The highest BCUT2D eigenvalue weighted by Gasteiger charge is 2.25. The SMILES string of the molecule is Cc1ccccc1CN1CCc2c(nc(CC3CC3)[nH]c2=O)C1. The molecule has 1 saturated carbocycles. The van der Waals surface area contributed by atoms with Crippen molar-refractivity contribution in [3.05, 3.63) is 62.8 Å². The van der Waals surface area contributed by atoms with Gasteiger partial charge < -0.3 is 4.98 Å². The molecule has 0 spiro atoms. The Morgan fingerprint density at radius 2 is 2.13 bits per heavy atom. The van der Waals surface area contributed by atoms with Gasteiger partial charge in [0.2, 0.25) is 0 Å². The Hall–Kier alpha value is -1.94. The Morgan fingerprint density at radius 3 is 2.91 bits per heavy atom. The fraction of sp³-hybridized carbons (Fsp3) is 0.474. The summed E-state index contributed by atoms with van der Waals surface area (Å²) in [4.78, 5) is 22.5. The zero-order chi connectivity index (χ0) is 15.8. The predicted octanol–water partition coefficient (Wildman–Crippen LogP) is 2.59.